The minimum absolute atomic E-state index is 0.234. The van der Waals surface area contributed by atoms with Crippen LogP contribution in [0.3, 0.4) is 0 Å². The van der Waals surface area contributed by atoms with E-state index >= 15 is 0 Å². The van der Waals surface area contributed by atoms with E-state index in [-0.39, 0.29) is 11.5 Å². The van der Waals surface area contributed by atoms with Crippen LogP contribution in [0.1, 0.15) is 33.1 Å². The molecule has 3 nitrogen and oxygen atoms in total. The summed E-state index contributed by atoms with van der Waals surface area (Å²) in [6.45, 7) is 8.03. The lowest BCUT2D eigenvalue weighted by atomic mass is 10.1. The fourth-order valence-electron chi connectivity index (χ4n) is 1.33. The van der Waals surface area contributed by atoms with Gasteiger partial charge in [0, 0.05) is 18.3 Å². The molecule has 0 heterocycles. The van der Waals surface area contributed by atoms with Gasteiger partial charge < -0.3 is 5.32 Å². The highest BCUT2D eigenvalue weighted by Gasteiger charge is 2.09. The summed E-state index contributed by atoms with van der Waals surface area (Å²) in [5.41, 5.74) is 0. The number of rotatable bonds is 9. The van der Waals surface area contributed by atoms with Crippen molar-refractivity contribution in [3.05, 3.63) is 12.7 Å². The maximum Gasteiger partial charge on any atom is 0.151 e. The zero-order valence-electron chi connectivity index (χ0n) is 9.83. The van der Waals surface area contributed by atoms with Crippen molar-refractivity contribution in [2.75, 3.05) is 18.1 Å². The molecule has 0 aliphatic carbocycles. The van der Waals surface area contributed by atoms with Gasteiger partial charge in [-0.05, 0) is 19.3 Å². The molecule has 0 bridgehead atoms. The second-order valence-corrected chi connectivity index (χ2v) is 6.13. The molecule has 0 spiro atoms. The zero-order valence-corrected chi connectivity index (χ0v) is 10.6. The minimum atomic E-state index is -2.83. The predicted molar refractivity (Wildman–Crippen MR) is 65.8 cm³/mol. The summed E-state index contributed by atoms with van der Waals surface area (Å²) in [6, 6.07) is 0.412. The lowest BCUT2D eigenvalue weighted by molar-refractivity contribution is 0.483. The molecule has 0 aliphatic rings. The second kappa shape index (κ2) is 7.88. The number of allylic oxidation sites excluding steroid dienone is 1. The van der Waals surface area contributed by atoms with Gasteiger partial charge in [-0.15, -0.1) is 6.58 Å². The fraction of sp³-hybridized carbons (Fsp3) is 0.818. The number of hydrogen-bond acceptors (Lipinski definition) is 3. The van der Waals surface area contributed by atoms with E-state index in [0.717, 1.165) is 19.3 Å². The summed E-state index contributed by atoms with van der Waals surface area (Å²) in [7, 11) is -2.83. The molecule has 0 amide bonds. The van der Waals surface area contributed by atoms with Crippen molar-refractivity contribution < 1.29 is 8.42 Å². The van der Waals surface area contributed by atoms with Crippen molar-refractivity contribution >= 4 is 9.84 Å². The molecule has 4 heteroatoms. The summed E-state index contributed by atoms with van der Waals surface area (Å²) in [5.74, 6) is 0.478. The van der Waals surface area contributed by atoms with E-state index in [0.29, 0.717) is 12.6 Å². The highest BCUT2D eigenvalue weighted by Crippen LogP contribution is 2.01. The van der Waals surface area contributed by atoms with Crippen molar-refractivity contribution in [1.82, 2.24) is 5.32 Å². The normalized spacial score (nSPS) is 13.7. The Morgan fingerprint density at radius 1 is 1.40 bits per heavy atom. The summed E-state index contributed by atoms with van der Waals surface area (Å²) in [5, 5.41) is 3.27. The maximum atomic E-state index is 11.2. The highest BCUT2D eigenvalue weighted by molar-refractivity contribution is 7.91. The molecule has 0 aromatic rings. The molecule has 0 rings (SSSR count). The van der Waals surface area contributed by atoms with Crippen LogP contribution in [-0.2, 0) is 9.84 Å². The lowest BCUT2D eigenvalue weighted by Crippen LogP contribution is -2.33. The molecule has 0 aliphatic heterocycles. The van der Waals surface area contributed by atoms with Crippen LogP contribution in [-0.4, -0.2) is 32.5 Å². The quantitative estimate of drug-likeness (QED) is 0.617. The van der Waals surface area contributed by atoms with Crippen LogP contribution < -0.4 is 5.32 Å². The van der Waals surface area contributed by atoms with Crippen LogP contribution in [0.25, 0.3) is 0 Å². The van der Waals surface area contributed by atoms with Crippen LogP contribution in [0.5, 0.6) is 0 Å². The van der Waals surface area contributed by atoms with E-state index in [1.54, 1.807) is 6.92 Å². The van der Waals surface area contributed by atoms with Crippen molar-refractivity contribution in [1.29, 1.82) is 0 Å². The largest absolute Gasteiger partial charge is 0.313 e. The molecule has 15 heavy (non-hydrogen) atoms. The van der Waals surface area contributed by atoms with Gasteiger partial charge in [-0.1, -0.05) is 19.9 Å². The van der Waals surface area contributed by atoms with Gasteiger partial charge in [0.2, 0.25) is 0 Å². The Bertz CT molecular complexity index is 260. The van der Waals surface area contributed by atoms with Gasteiger partial charge >= 0.3 is 0 Å². The average Bonchev–Trinajstić information content (AvgIpc) is 2.23. The Kier molecular flexibility index (Phi) is 7.70. The third-order valence-electron chi connectivity index (χ3n) is 2.50. The number of sulfone groups is 1. The zero-order chi connectivity index (χ0) is 11.7. The third kappa shape index (κ3) is 7.56. The first kappa shape index (κ1) is 14.6. The van der Waals surface area contributed by atoms with Crippen LogP contribution in [0.2, 0.25) is 0 Å². The summed E-state index contributed by atoms with van der Waals surface area (Å²) >= 11 is 0. The summed E-state index contributed by atoms with van der Waals surface area (Å²) < 4.78 is 22.5. The smallest absolute Gasteiger partial charge is 0.151 e. The van der Waals surface area contributed by atoms with Crippen molar-refractivity contribution in [3.8, 4) is 0 Å². The predicted octanol–water partition coefficient (Wildman–Crippen LogP) is 1.76. The van der Waals surface area contributed by atoms with Crippen LogP contribution in [0.15, 0.2) is 12.7 Å². The van der Waals surface area contributed by atoms with Gasteiger partial charge in [0.15, 0.2) is 9.84 Å². The van der Waals surface area contributed by atoms with E-state index in [1.165, 1.54) is 0 Å². The van der Waals surface area contributed by atoms with Gasteiger partial charge in [-0.3, -0.25) is 0 Å². The Balaban J connectivity index is 3.76. The monoisotopic (exact) mass is 233 g/mol. The van der Waals surface area contributed by atoms with E-state index < -0.39 is 9.84 Å². The van der Waals surface area contributed by atoms with E-state index in [2.05, 4.69) is 18.8 Å². The van der Waals surface area contributed by atoms with Crippen molar-refractivity contribution in [3.63, 3.8) is 0 Å². The summed E-state index contributed by atoms with van der Waals surface area (Å²) in [4.78, 5) is 0. The summed E-state index contributed by atoms with van der Waals surface area (Å²) in [6.07, 6.45) is 4.94. The maximum absolute atomic E-state index is 11.2. The molecule has 1 N–H and O–H groups in total. The average molecular weight is 233 g/mol. The SMILES string of the molecule is C=CCCC(CC)NCCS(=O)(=O)CC. The van der Waals surface area contributed by atoms with E-state index in [9.17, 15) is 8.42 Å². The van der Waals surface area contributed by atoms with Crippen molar-refractivity contribution in [2.24, 2.45) is 0 Å². The first-order valence-electron chi connectivity index (χ1n) is 5.60. The standard InChI is InChI=1S/C11H23NO2S/c1-4-7-8-11(5-2)12-9-10-15(13,14)6-3/h4,11-12H,1,5-10H2,2-3H3. The molecular weight excluding hydrogens is 210 g/mol. The molecule has 0 fully saturated rings. The Morgan fingerprint density at radius 2 is 2.07 bits per heavy atom. The molecule has 0 aromatic carbocycles. The molecule has 0 saturated carbocycles. The van der Waals surface area contributed by atoms with Gasteiger partial charge in [-0.2, -0.15) is 0 Å². The van der Waals surface area contributed by atoms with Crippen molar-refractivity contribution in [2.45, 2.75) is 39.2 Å². The van der Waals surface area contributed by atoms with Gasteiger partial charge in [0.05, 0.1) is 5.75 Å². The number of hydrogen-bond donors (Lipinski definition) is 1. The minimum Gasteiger partial charge on any atom is -0.313 e. The van der Waals surface area contributed by atoms with Crippen LogP contribution in [0, 0.1) is 0 Å². The topological polar surface area (TPSA) is 46.2 Å². The van der Waals surface area contributed by atoms with E-state index in [1.807, 2.05) is 6.08 Å². The molecule has 1 atom stereocenters. The van der Waals surface area contributed by atoms with Crippen LogP contribution >= 0.6 is 0 Å². The molecule has 1 unspecified atom stereocenters. The van der Waals surface area contributed by atoms with Gasteiger partial charge in [0.1, 0.15) is 0 Å². The van der Waals surface area contributed by atoms with Crippen LogP contribution in [0.4, 0.5) is 0 Å². The first-order valence-corrected chi connectivity index (χ1v) is 7.42. The lowest BCUT2D eigenvalue weighted by Gasteiger charge is -2.15. The fourth-order valence-corrected chi connectivity index (χ4v) is 2.05. The Hall–Kier alpha value is -0.350. The molecule has 0 saturated heterocycles. The molecule has 0 aromatic heterocycles. The highest BCUT2D eigenvalue weighted by atomic mass is 32.2. The second-order valence-electron chi connectivity index (χ2n) is 3.66. The Morgan fingerprint density at radius 3 is 2.53 bits per heavy atom. The van der Waals surface area contributed by atoms with E-state index in [4.69, 9.17) is 0 Å². The first-order chi connectivity index (χ1) is 7.05. The molecular formula is C11H23NO2S. The number of nitrogens with one attached hydrogen (secondary N) is 1. The van der Waals surface area contributed by atoms with Gasteiger partial charge in [-0.25, -0.2) is 8.42 Å². The third-order valence-corrected chi connectivity index (χ3v) is 4.20. The molecule has 90 valence electrons. The van der Waals surface area contributed by atoms with Gasteiger partial charge in [0.25, 0.3) is 0 Å². The molecule has 0 radical (unpaired) electrons. The Labute approximate surface area is 93.9 Å².